The predicted octanol–water partition coefficient (Wildman–Crippen LogP) is 3.33. The summed E-state index contributed by atoms with van der Waals surface area (Å²) in [6.07, 6.45) is -2.86. The molecule has 2 fully saturated rings. The molecule has 0 aliphatic carbocycles. The Balaban J connectivity index is 2.56. The molecule has 0 bridgehead atoms. The predicted molar refractivity (Wildman–Crippen MR) is 153 cm³/mol. The molecule has 2 saturated heterocycles. The minimum absolute atomic E-state index is 0.0464. The number of carbonyl (C=O) groups is 2. The van der Waals surface area contributed by atoms with E-state index in [2.05, 4.69) is 11.5 Å². The zero-order chi connectivity index (χ0) is 30.9. The maximum absolute atomic E-state index is 13.7. The quantitative estimate of drug-likeness (QED) is 0.266. The second-order valence-electron chi connectivity index (χ2n) is 13.2. The number of ether oxygens (including phenoxy) is 3. The van der Waals surface area contributed by atoms with Gasteiger partial charge in [0.05, 0.1) is 23.9 Å². The molecule has 3 N–H and O–H groups in total. The highest BCUT2D eigenvalue weighted by Gasteiger charge is 2.50. The Morgan fingerprint density at radius 3 is 2.15 bits per heavy atom. The van der Waals surface area contributed by atoms with E-state index < -0.39 is 65.3 Å². The molecule has 2 aliphatic heterocycles. The first-order chi connectivity index (χ1) is 18.3. The van der Waals surface area contributed by atoms with Crippen LogP contribution in [0.1, 0.15) is 81.6 Å². The number of aliphatic hydroxyl groups excluding tert-OH is 1. The Morgan fingerprint density at radius 1 is 1.05 bits per heavy atom. The van der Waals surface area contributed by atoms with Gasteiger partial charge in [0.2, 0.25) is 0 Å². The van der Waals surface area contributed by atoms with E-state index in [9.17, 15) is 24.9 Å². The molecule has 0 aromatic heterocycles. The summed E-state index contributed by atoms with van der Waals surface area (Å²) in [5.74, 6) is -4.21. The summed E-state index contributed by atoms with van der Waals surface area (Å²) in [6, 6.07) is 0.178. The molecule has 40 heavy (non-hydrogen) atoms. The van der Waals surface area contributed by atoms with E-state index in [-0.39, 0.29) is 36.8 Å². The van der Waals surface area contributed by atoms with Gasteiger partial charge in [-0.3, -0.25) is 9.59 Å². The van der Waals surface area contributed by atoms with Gasteiger partial charge >= 0.3 is 5.97 Å². The summed E-state index contributed by atoms with van der Waals surface area (Å²) in [5.41, 5.74) is -2.68. The van der Waals surface area contributed by atoms with Crippen molar-refractivity contribution in [3.8, 4) is 0 Å². The van der Waals surface area contributed by atoms with Crippen LogP contribution in [0, 0.1) is 29.6 Å². The Morgan fingerprint density at radius 2 is 1.62 bits per heavy atom. The van der Waals surface area contributed by atoms with Crippen molar-refractivity contribution in [3.63, 3.8) is 0 Å². The van der Waals surface area contributed by atoms with E-state index in [1.165, 1.54) is 13.8 Å². The highest BCUT2D eigenvalue weighted by molar-refractivity contribution is 6.00. The molecule has 0 radical (unpaired) electrons. The number of ketones is 1. The third-order valence-corrected chi connectivity index (χ3v) is 9.51. The lowest BCUT2D eigenvalue weighted by atomic mass is 9.73. The van der Waals surface area contributed by atoms with Gasteiger partial charge in [-0.1, -0.05) is 46.8 Å². The van der Waals surface area contributed by atoms with Crippen molar-refractivity contribution in [1.82, 2.24) is 4.90 Å². The molecule has 9 nitrogen and oxygen atoms in total. The van der Waals surface area contributed by atoms with Crippen LogP contribution in [-0.2, 0) is 23.8 Å². The molecular weight excluding hydrogens is 514 g/mol. The number of aliphatic hydroxyl groups is 3. The van der Waals surface area contributed by atoms with Crippen molar-refractivity contribution in [1.29, 1.82) is 0 Å². The molecule has 0 aromatic carbocycles. The summed E-state index contributed by atoms with van der Waals surface area (Å²) in [7, 11) is 4.02. The molecule has 232 valence electrons. The first-order valence-corrected chi connectivity index (χ1v) is 14.8. The number of nitrogens with zero attached hydrogens (tertiary/aromatic N) is 1. The van der Waals surface area contributed by atoms with Gasteiger partial charge in [0.25, 0.3) is 0 Å². The van der Waals surface area contributed by atoms with Crippen LogP contribution in [-0.4, -0.2) is 94.0 Å². The number of cyclic esters (lactones) is 1. The van der Waals surface area contributed by atoms with Crippen molar-refractivity contribution in [2.24, 2.45) is 29.6 Å². The van der Waals surface area contributed by atoms with E-state index in [1.807, 2.05) is 34.9 Å². The molecular formula is C31H55NO8. The number of rotatable bonds is 4. The zero-order valence-corrected chi connectivity index (χ0v) is 26.5. The first kappa shape index (κ1) is 34.8. The third-order valence-electron chi connectivity index (χ3n) is 9.51. The number of Topliss-reactive ketones (excluding diaryl/α,β-unsaturated/α-hetero) is 1. The summed E-state index contributed by atoms with van der Waals surface area (Å²) >= 11 is 0. The molecule has 9 heteroatoms. The van der Waals surface area contributed by atoms with Gasteiger partial charge in [-0.15, -0.1) is 0 Å². The first-order valence-electron chi connectivity index (χ1n) is 14.8. The van der Waals surface area contributed by atoms with Crippen LogP contribution in [0.5, 0.6) is 0 Å². The normalized spacial score (nSPS) is 46.7. The van der Waals surface area contributed by atoms with Crippen LogP contribution in [0.15, 0.2) is 12.2 Å². The minimum Gasteiger partial charge on any atom is -0.459 e. The lowest BCUT2D eigenvalue weighted by Crippen LogP contribution is -2.57. The smallest absolute Gasteiger partial charge is 0.316 e. The van der Waals surface area contributed by atoms with Crippen molar-refractivity contribution in [2.75, 3.05) is 14.1 Å². The molecule has 0 unspecified atom stereocenters. The van der Waals surface area contributed by atoms with Crippen LogP contribution in [0.4, 0.5) is 0 Å². The van der Waals surface area contributed by atoms with E-state index in [1.54, 1.807) is 27.7 Å². The highest BCUT2D eigenvalue weighted by Crippen LogP contribution is 2.39. The molecule has 2 heterocycles. The van der Waals surface area contributed by atoms with Crippen molar-refractivity contribution < 1.29 is 39.1 Å². The van der Waals surface area contributed by atoms with Gasteiger partial charge in [-0.2, -0.15) is 0 Å². The van der Waals surface area contributed by atoms with Crippen LogP contribution in [0.3, 0.4) is 0 Å². The van der Waals surface area contributed by atoms with Crippen molar-refractivity contribution in [3.05, 3.63) is 12.2 Å². The molecule has 0 amide bonds. The second kappa shape index (κ2) is 13.3. The largest absolute Gasteiger partial charge is 0.459 e. The Hall–Kier alpha value is -1.36. The van der Waals surface area contributed by atoms with Crippen molar-refractivity contribution in [2.45, 2.75) is 130 Å². The van der Waals surface area contributed by atoms with E-state index in [4.69, 9.17) is 14.2 Å². The monoisotopic (exact) mass is 569 g/mol. The van der Waals surface area contributed by atoms with E-state index in [0.29, 0.717) is 5.57 Å². The molecule has 13 atom stereocenters. The van der Waals surface area contributed by atoms with Gasteiger partial charge in [-0.25, -0.2) is 0 Å². The van der Waals surface area contributed by atoms with Crippen LogP contribution in [0.25, 0.3) is 0 Å². The fourth-order valence-electron chi connectivity index (χ4n) is 6.66. The maximum atomic E-state index is 13.7. The van der Waals surface area contributed by atoms with Gasteiger partial charge in [0.1, 0.15) is 17.6 Å². The van der Waals surface area contributed by atoms with Crippen LogP contribution in [0.2, 0.25) is 0 Å². The molecule has 0 spiro atoms. The van der Waals surface area contributed by atoms with Gasteiger partial charge < -0.3 is 34.4 Å². The van der Waals surface area contributed by atoms with Gasteiger partial charge in [0.15, 0.2) is 12.1 Å². The zero-order valence-electron chi connectivity index (χ0n) is 26.5. The van der Waals surface area contributed by atoms with Crippen molar-refractivity contribution >= 4 is 11.8 Å². The molecule has 0 aromatic rings. The van der Waals surface area contributed by atoms with Crippen LogP contribution < -0.4 is 0 Å². The van der Waals surface area contributed by atoms with Gasteiger partial charge in [-0.05, 0) is 67.0 Å². The number of esters is 1. The SMILES string of the molecule is C=C1[C@H](C)C[C@](C)(O)[C@H](O[C@@H]2O[C@H](C)C[C@H](N(C)C)[C@H]2C)[C@@H](C)C(=O)[C@@H](C)C(=O)O[C@H](CC)[C@@](C)(O)[C@H](O)[C@H]1C. The number of carbonyl (C=O) groups excluding carboxylic acids is 2. The number of hydrogen-bond donors (Lipinski definition) is 3. The maximum Gasteiger partial charge on any atom is 0.316 e. The standard InChI is InChI=1S/C31H55NO8/c1-13-24-31(10,37)26(34)19(5)18(4)16(2)15-30(9,36)27(21(7)25(33)22(8)28(35)39-24)40-29-20(6)23(32(11)12)14-17(3)38-29/h16-17,19-24,26-27,29,34,36-37H,4,13-15H2,1-3,5-12H3/t16-,17-,19+,20-,21+,22-,23+,24-,26-,27-,29+,30+,31-/m1/s1. The molecule has 2 aliphatic rings. The molecule has 2 rings (SSSR count). The van der Waals surface area contributed by atoms with E-state index >= 15 is 0 Å². The topological polar surface area (TPSA) is 126 Å². The average Bonchev–Trinajstić information content (AvgIpc) is 2.87. The second-order valence-corrected chi connectivity index (χ2v) is 13.2. The highest BCUT2D eigenvalue weighted by atomic mass is 16.7. The fraction of sp³-hybridized carbons (Fsp3) is 0.871. The van der Waals surface area contributed by atoms with Crippen LogP contribution >= 0.6 is 0 Å². The lowest BCUT2D eigenvalue weighted by Gasteiger charge is -2.47. The minimum atomic E-state index is -1.78. The fourth-order valence-corrected chi connectivity index (χ4v) is 6.66. The summed E-state index contributed by atoms with van der Waals surface area (Å²) in [4.78, 5) is 29.1. The van der Waals surface area contributed by atoms with Gasteiger partial charge in [0, 0.05) is 23.8 Å². The Labute approximate surface area is 241 Å². The Bertz CT molecular complexity index is 902. The summed E-state index contributed by atoms with van der Waals surface area (Å²) in [5, 5.41) is 34.5. The third kappa shape index (κ3) is 7.34. The average molecular weight is 570 g/mol. The summed E-state index contributed by atoms with van der Waals surface area (Å²) < 4.78 is 18.4. The summed E-state index contributed by atoms with van der Waals surface area (Å²) in [6.45, 7) is 19.8. The Kier molecular flexibility index (Phi) is 11.6. The van der Waals surface area contributed by atoms with E-state index in [0.717, 1.165) is 6.42 Å². The molecule has 0 saturated carbocycles. The lowest BCUT2D eigenvalue weighted by molar-refractivity contribution is -0.278. The number of hydrogen-bond acceptors (Lipinski definition) is 9.